The van der Waals surface area contributed by atoms with Gasteiger partial charge in [0.1, 0.15) is 11.3 Å². The van der Waals surface area contributed by atoms with E-state index in [1.165, 1.54) is 0 Å². The van der Waals surface area contributed by atoms with Crippen LogP contribution in [0.2, 0.25) is 0 Å². The summed E-state index contributed by atoms with van der Waals surface area (Å²) in [4.78, 5) is 20.0. The van der Waals surface area contributed by atoms with E-state index in [9.17, 15) is 4.79 Å². The Bertz CT molecular complexity index is 1010. The summed E-state index contributed by atoms with van der Waals surface area (Å²) in [6, 6.07) is 9.09. The van der Waals surface area contributed by atoms with Gasteiger partial charge >= 0.3 is 0 Å². The van der Waals surface area contributed by atoms with E-state index in [-0.39, 0.29) is 5.91 Å². The minimum Gasteiger partial charge on any atom is -0.461 e. The van der Waals surface area contributed by atoms with Crippen LogP contribution in [0.1, 0.15) is 21.8 Å². The second-order valence-corrected chi connectivity index (χ2v) is 5.45. The molecule has 0 aliphatic rings. The van der Waals surface area contributed by atoms with Crippen LogP contribution in [0.15, 0.2) is 45.5 Å². The molecule has 0 saturated carbocycles. The zero-order valence-corrected chi connectivity index (χ0v) is 13.1. The zero-order valence-electron chi connectivity index (χ0n) is 13.1. The number of imidazole rings is 1. The Hall–Kier alpha value is -3.35. The van der Waals surface area contributed by atoms with Gasteiger partial charge in [0, 0.05) is 5.69 Å². The summed E-state index contributed by atoms with van der Waals surface area (Å²) in [7, 11) is 0. The Morgan fingerprint density at radius 2 is 2.12 bits per heavy atom. The van der Waals surface area contributed by atoms with Gasteiger partial charge in [0.2, 0.25) is 0 Å². The molecule has 0 bridgehead atoms. The van der Waals surface area contributed by atoms with E-state index in [2.05, 4.69) is 20.4 Å². The standard InChI is InChI=1S/C17H14N4O3/c1-9-15(10(2)24-21-9)17(22)18-11-5-6-12-13(8-11)20-16(19-12)14-4-3-7-23-14/h3-8H,1-2H3,(H,18,22)(H,19,20). The van der Waals surface area contributed by atoms with Crippen LogP contribution >= 0.6 is 0 Å². The number of benzene rings is 1. The van der Waals surface area contributed by atoms with Crippen molar-refractivity contribution in [2.75, 3.05) is 5.32 Å². The summed E-state index contributed by atoms with van der Waals surface area (Å²) < 4.78 is 10.4. The lowest BCUT2D eigenvalue weighted by atomic mass is 10.2. The minimum atomic E-state index is -0.253. The van der Waals surface area contributed by atoms with Crippen molar-refractivity contribution in [3.05, 3.63) is 53.6 Å². The van der Waals surface area contributed by atoms with E-state index in [4.69, 9.17) is 8.94 Å². The normalized spacial score (nSPS) is 11.1. The average Bonchev–Trinajstić information content (AvgIpc) is 3.26. The Morgan fingerprint density at radius 1 is 1.25 bits per heavy atom. The van der Waals surface area contributed by atoms with Crippen molar-refractivity contribution in [1.29, 1.82) is 0 Å². The number of rotatable bonds is 3. The Kier molecular flexibility index (Phi) is 3.19. The number of aryl methyl sites for hydroxylation is 2. The highest BCUT2D eigenvalue weighted by molar-refractivity contribution is 6.06. The summed E-state index contributed by atoms with van der Waals surface area (Å²) >= 11 is 0. The number of aromatic nitrogens is 3. The smallest absolute Gasteiger partial charge is 0.261 e. The molecule has 1 aromatic carbocycles. The number of nitrogens with one attached hydrogen (secondary N) is 2. The number of hydrogen-bond donors (Lipinski definition) is 2. The Labute approximate surface area is 136 Å². The molecule has 0 unspecified atom stereocenters. The molecule has 4 aromatic rings. The van der Waals surface area contributed by atoms with Gasteiger partial charge in [-0.25, -0.2) is 4.98 Å². The molecule has 0 spiro atoms. The van der Waals surface area contributed by atoms with Crippen LogP contribution in [0, 0.1) is 13.8 Å². The van der Waals surface area contributed by atoms with Crippen molar-refractivity contribution in [2.24, 2.45) is 0 Å². The SMILES string of the molecule is Cc1noc(C)c1C(=O)Nc1ccc2nc(-c3ccco3)[nH]c2c1. The van der Waals surface area contributed by atoms with Crippen molar-refractivity contribution >= 4 is 22.6 Å². The molecule has 120 valence electrons. The molecule has 7 heteroatoms. The number of hydrogen-bond acceptors (Lipinski definition) is 5. The van der Waals surface area contributed by atoms with E-state index in [1.807, 2.05) is 18.2 Å². The number of fused-ring (bicyclic) bond motifs is 1. The Morgan fingerprint density at radius 3 is 2.83 bits per heavy atom. The number of aromatic amines is 1. The fourth-order valence-corrected chi connectivity index (χ4v) is 2.62. The molecular weight excluding hydrogens is 308 g/mol. The molecular formula is C17H14N4O3. The van der Waals surface area contributed by atoms with Gasteiger partial charge in [-0.3, -0.25) is 4.79 Å². The summed E-state index contributed by atoms with van der Waals surface area (Å²) in [5, 5.41) is 6.65. The summed E-state index contributed by atoms with van der Waals surface area (Å²) in [5.41, 5.74) is 3.26. The molecule has 0 radical (unpaired) electrons. The van der Waals surface area contributed by atoms with Gasteiger partial charge in [-0.1, -0.05) is 5.16 Å². The van der Waals surface area contributed by atoms with Crippen LogP contribution in [0.3, 0.4) is 0 Å². The second-order valence-electron chi connectivity index (χ2n) is 5.45. The predicted octanol–water partition coefficient (Wildman–Crippen LogP) is 3.68. The quantitative estimate of drug-likeness (QED) is 0.599. The third-order valence-corrected chi connectivity index (χ3v) is 3.75. The monoisotopic (exact) mass is 322 g/mol. The van der Waals surface area contributed by atoms with E-state index < -0.39 is 0 Å². The fourth-order valence-electron chi connectivity index (χ4n) is 2.62. The zero-order chi connectivity index (χ0) is 16.7. The first-order chi connectivity index (χ1) is 11.6. The number of anilines is 1. The lowest BCUT2D eigenvalue weighted by Crippen LogP contribution is -2.13. The highest BCUT2D eigenvalue weighted by Gasteiger charge is 2.18. The van der Waals surface area contributed by atoms with Crippen molar-refractivity contribution in [3.8, 4) is 11.6 Å². The lowest BCUT2D eigenvalue weighted by molar-refractivity contribution is 0.102. The molecule has 3 aromatic heterocycles. The number of carbonyl (C=O) groups is 1. The van der Waals surface area contributed by atoms with Gasteiger partial charge in [0.15, 0.2) is 11.6 Å². The van der Waals surface area contributed by atoms with Crippen molar-refractivity contribution in [1.82, 2.24) is 15.1 Å². The molecule has 24 heavy (non-hydrogen) atoms. The summed E-state index contributed by atoms with van der Waals surface area (Å²) in [6.45, 7) is 3.45. The second kappa shape index (κ2) is 5.38. The van der Waals surface area contributed by atoms with Crippen LogP contribution in [-0.4, -0.2) is 21.0 Å². The molecule has 0 saturated heterocycles. The highest BCUT2D eigenvalue weighted by atomic mass is 16.5. The van der Waals surface area contributed by atoms with Crippen LogP contribution in [0.5, 0.6) is 0 Å². The van der Waals surface area contributed by atoms with E-state index >= 15 is 0 Å². The van der Waals surface area contributed by atoms with Gasteiger partial charge in [-0.15, -0.1) is 0 Å². The number of carbonyl (C=O) groups excluding carboxylic acids is 1. The highest BCUT2D eigenvalue weighted by Crippen LogP contribution is 2.24. The van der Waals surface area contributed by atoms with Gasteiger partial charge in [0.25, 0.3) is 5.91 Å². The van der Waals surface area contributed by atoms with Crippen LogP contribution in [-0.2, 0) is 0 Å². The largest absolute Gasteiger partial charge is 0.461 e. The maximum atomic E-state index is 12.4. The third-order valence-electron chi connectivity index (χ3n) is 3.75. The average molecular weight is 322 g/mol. The molecule has 0 aliphatic carbocycles. The van der Waals surface area contributed by atoms with Gasteiger partial charge in [-0.2, -0.15) is 0 Å². The Balaban J connectivity index is 1.64. The maximum Gasteiger partial charge on any atom is 0.261 e. The first-order valence-electron chi connectivity index (χ1n) is 7.39. The lowest BCUT2D eigenvalue weighted by Gasteiger charge is -2.04. The number of amides is 1. The topological polar surface area (TPSA) is 97.0 Å². The van der Waals surface area contributed by atoms with Crippen molar-refractivity contribution < 1.29 is 13.7 Å². The molecule has 2 N–H and O–H groups in total. The summed E-state index contributed by atoms with van der Waals surface area (Å²) in [6.07, 6.45) is 1.60. The summed E-state index contributed by atoms with van der Waals surface area (Å²) in [5.74, 6) is 1.54. The van der Waals surface area contributed by atoms with E-state index in [0.29, 0.717) is 34.3 Å². The van der Waals surface area contributed by atoms with Crippen LogP contribution in [0.25, 0.3) is 22.6 Å². The first kappa shape index (κ1) is 14.3. The molecule has 0 atom stereocenters. The predicted molar refractivity (Wildman–Crippen MR) is 87.7 cm³/mol. The maximum absolute atomic E-state index is 12.4. The molecule has 0 aliphatic heterocycles. The van der Waals surface area contributed by atoms with Crippen molar-refractivity contribution in [3.63, 3.8) is 0 Å². The van der Waals surface area contributed by atoms with E-state index in [0.717, 1.165) is 11.0 Å². The number of H-pyrrole nitrogens is 1. The third kappa shape index (κ3) is 2.36. The molecule has 0 fully saturated rings. The van der Waals surface area contributed by atoms with Crippen LogP contribution < -0.4 is 5.32 Å². The number of furan rings is 1. The first-order valence-corrected chi connectivity index (χ1v) is 7.39. The van der Waals surface area contributed by atoms with Gasteiger partial charge in [0.05, 0.1) is 23.0 Å². The van der Waals surface area contributed by atoms with Crippen LogP contribution in [0.4, 0.5) is 5.69 Å². The van der Waals surface area contributed by atoms with Crippen molar-refractivity contribution in [2.45, 2.75) is 13.8 Å². The van der Waals surface area contributed by atoms with E-state index in [1.54, 1.807) is 32.2 Å². The van der Waals surface area contributed by atoms with Gasteiger partial charge < -0.3 is 19.2 Å². The number of nitrogens with zero attached hydrogens (tertiary/aromatic N) is 2. The molecule has 7 nitrogen and oxygen atoms in total. The molecule has 4 rings (SSSR count). The fraction of sp³-hybridized carbons (Fsp3) is 0.118. The molecule has 1 amide bonds. The van der Waals surface area contributed by atoms with Gasteiger partial charge in [-0.05, 0) is 44.2 Å². The molecule has 3 heterocycles. The minimum absolute atomic E-state index is 0.253.